The van der Waals surface area contributed by atoms with E-state index >= 15 is 0 Å². The molecule has 0 spiro atoms. The van der Waals surface area contributed by atoms with Crippen molar-refractivity contribution in [1.29, 1.82) is 0 Å². The zero-order valence-electron chi connectivity index (χ0n) is 17.5. The molecular formula is C26H23ClN2O2. The Morgan fingerprint density at radius 1 is 0.935 bits per heavy atom. The van der Waals surface area contributed by atoms with Crippen molar-refractivity contribution in [2.75, 3.05) is 0 Å². The smallest absolute Gasteiger partial charge is 0.256 e. The molecular weight excluding hydrogens is 408 g/mol. The fourth-order valence-corrected chi connectivity index (χ4v) is 3.73. The monoisotopic (exact) mass is 430 g/mol. The van der Waals surface area contributed by atoms with Crippen LogP contribution in [0.2, 0.25) is 5.02 Å². The number of halogens is 1. The van der Waals surface area contributed by atoms with Crippen LogP contribution in [0.1, 0.15) is 32.7 Å². The molecule has 1 aromatic heterocycles. The fourth-order valence-electron chi connectivity index (χ4n) is 3.52. The van der Waals surface area contributed by atoms with E-state index in [0.29, 0.717) is 35.1 Å². The van der Waals surface area contributed by atoms with Crippen LogP contribution in [0, 0.1) is 13.8 Å². The number of carbonyl (C=O) groups is 1. The van der Waals surface area contributed by atoms with Gasteiger partial charge in [-0.05, 0) is 43.2 Å². The van der Waals surface area contributed by atoms with Crippen LogP contribution in [0.25, 0.3) is 11.3 Å². The van der Waals surface area contributed by atoms with Crippen molar-refractivity contribution in [1.82, 2.24) is 10.1 Å². The second-order valence-electron chi connectivity index (χ2n) is 7.63. The summed E-state index contributed by atoms with van der Waals surface area (Å²) in [5, 5.41) is 4.67. The van der Waals surface area contributed by atoms with Crippen LogP contribution in [-0.4, -0.2) is 16.0 Å². The fraction of sp³-hybridized carbons (Fsp3) is 0.154. The first-order valence-corrected chi connectivity index (χ1v) is 10.5. The first kappa shape index (κ1) is 20.9. The van der Waals surface area contributed by atoms with Gasteiger partial charge in [0, 0.05) is 18.2 Å². The van der Waals surface area contributed by atoms with E-state index in [1.807, 2.05) is 62.4 Å². The maximum Gasteiger partial charge on any atom is 0.256 e. The summed E-state index contributed by atoms with van der Waals surface area (Å²) in [4.78, 5) is 15.1. The van der Waals surface area contributed by atoms with E-state index in [1.54, 1.807) is 17.0 Å². The van der Waals surface area contributed by atoms with Gasteiger partial charge in [-0.25, -0.2) is 0 Å². The van der Waals surface area contributed by atoms with E-state index < -0.39 is 0 Å². The lowest BCUT2D eigenvalue weighted by atomic mass is 10.0. The second kappa shape index (κ2) is 9.19. The van der Waals surface area contributed by atoms with Gasteiger partial charge in [-0.2, -0.15) is 0 Å². The number of rotatable bonds is 6. The van der Waals surface area contributed by atoms with E-state index in [2.05, 4.69) is 23.4 Å². The lowest BCUT2D eigenvalue weighted by Gasteiger charge is -2.22. The molecule has 1 heterocycles. The van der Waals surface area contributed by atoms with Crippen molar-refractivity contribution in [3.05, 3.63) is 112 Å². The molecule has 4 aromatic rings. The third-order valence-electron chi connectivity index (χ3n) is 5.18. The third kappa shape index (κ3) is 4.86. The number of hydrogen-bond donors (Lipinski definition) is 0. The minimum Gasteiger partial charge on any atom is -0.356 e. The summed E-state index contributed by atoms with van der Waals surface area (Å²) < 4.78 is 5.63. The van der Waals surface area contributed by atoms with E-state index in [9.17, 15) is 4.79 Å². The minimum atomic E-state index is -0.147. The summed E-state index contributed by atoms with van der Waals surface area (Å²) in [7, 11) is 0. The average molecular weight is 431 g/mol. The van der Waals surface area contributed by atoms with Crippen molar-refractivity contribution in [2.45, 2.75) is 26.9 Å². The number of amides is 1. The van der Waals surface area contributed by atoms with Crippen LogP contribution in [0.3, 0.4) is 0 Å². The summed E-state index contributed by atoms with van der Waals surface area (Å²) in [5.74, 6) is 0.548. The number of aryl methyl sites for hydroxylation is 2. The highest BCUT2D eigenvalue weighted by Crippen LogP contribution is 2.26. The van der Waals surface area contributed by atoms with E-state index in [0.717, 1.165) is 22.3 Å². The molecule has 3 aromatic carbocycles. The van der Waals surface area contributed by atoms with E-state index in [-0.39, 0.29) is 5.91 Å². The van der Waals surface area contributed by atoms with Crippen LogP contribution in [0.15, 0.2) is 83.4 Å². The maximum absolute atomic E-state index is 13.3. The number of benzene rings is 3. The van der Waals surface area contributed by atoms with Gasteiger partial charge in [0.15, 0.2) is 5.76 Å². The zero-order chi connectivity index (χ0) is 21.8. The molecule has 5 heteroatoms. The Morgan fingerprint density at radius 2 is 1.68 bits per heavy atom. The second-order valence-corrected chi connectivity index (χ2v) is 8.03. The van der Waals surface area contributed by atoms with Gasteiger partial charge in [-0.15, -0.1) is 0 Å². The molecule has 0 bridgehead atoms. The third-order valence-corrected chi connectivity index (χ3v) is 5.51. The lowest BCUT2D eigenvalue weighted by Crippen LogP contribution is -2.30. The van der Waals surface area contributed by atoms with Crippen molar-refractivity contribution in [3.63, 3.8) is 0 Å². The number of hydrogen-bond acceptors (Lipinski definition) is 3. The molecule has 0 radical (unpaired) electrons. The van der Waals surface area contributed by atoms with E-state index in [4.69, 9.17) is 16.1 Å². The van der Waals surface area contributed by atoms with Crippen molar-refractivity contribution in [3.8, 4) is 11.3 Å². The molecule has 4 rings (SSSR count). The number of aromatic nitrogens is 1. The molecule has 0 saturated heterocycles. The summed E-state index contributed by atoms with van der Waals surface area (Å²) in [5.41, 5.74) is 5.46. The van der Waals surface area contributed by atoms with Crippen molar-refractivity contribution >= 4 is 17.5 Å². The van der Waals surface area contributed by atoms with Gasteiger partial charge in [0.25, 0.3) is 5.91 Å². The van der Waals surface area contributed by atoms with Gasteiger partial charge in [0.1, 0.15) is 5.69 Å². The molecule has 0 fully saturated rings. The Kier molecular flexibility index (Phi) is 6.19. The summed E-state index contributed by atoms with van der Waals surface area (Å²) in [6.07, 6.45) is 0. The first-order chi connectivity index (χ1) is 15.0. The Balaban J connectivity index is 1.63. The van der Waals surface area contributed by atoms with Crippen LogP contribution >= 0.6 is 11.6 Å². The van der Waals surface area contributed by atoms with Crippen LogP contribution in [0.5, 0.6) is 0 Å². The Morgan fingerprint density at radius 3 is 2.45 bits per heavy atom. The minimum absolute atomic E-state index is 0.147. The summed E-state index contributed by atoms with van der Waals surface area (Å²) >= 11 is 6.30. The maximum atomic E-state index is 13.3. The summed E-state index contributed by atoms with van der Waals surface area (Å²) in [6.45, 7) is 4.84. The molecule has 0 atom stereocenters. The standard InChI is InChI=1S/C26H23ClN2O2/c1-18-12-13-19(2)23(14-18)25-15-21(28-31-25)17-29(16-20-8-4-3-5-9-20)26(30)22-10-6-7-11-24(22)27/h3-15H,16-17H2,1-2H3. The van der Waals surface area contributed by atoms with Crippen molar-refractivity contribution < 1.29 is 9.32 Å². The molecule has 0 saturated carbocycles. The molecule has 31 heavy (non-hydrogen) atoms. The van der Waals surface area contributed by atoms with Gasteiger partial charge >= 0.3 is 0 Å². The quantitative estimate of drug-likeness (QED) is 0.353. The average Bonchev–Trinajstić information content (AvgIpc) is 3.24. The first-order valence-electron chi connectivity index (χ1n) is 10.1. The molecule has 0 aliphatic heterocycles. The normalized spacial score (nSPS) is 10.8. The highest BCUT2D eigenvalue weighted by molar-refractivity contribution is 6.33. The van der Waals surface area contributed by atoms with Gasteiger partial charge in [0.2, 0.25) is 0 Å². The molecule has 0 N–H and O–H groups in total. The predicted octanol–water partition coefficient (Wildman–Crippen LogP) is 6.45. The van der Waals surface area contributed by atoms with Crippen LogP contribution in [-0.2, 0) is 13.1 Å². The van der Waals surface area contributed by atoms with E-state index in [1.165, 1.54) is 0 Å². The molecule has 0 unspecified atom stereocenters. The summed E-state index contributed by atoms with van der Waals surface area (Å²) in [6, 6.07) is 25.1. The SMILES string of the molecule is Cc1ccc(C)c(-c2cc(CN(Cc3ccccc3)C(=O)c3ccccc3Cl)no2)c1. The Labute approximate surface area is 187 Å². The molecule has 156 valence electrons. The molecule has 0 aliphatic rings. The predicted molar refractivity (Wildman–Crippen MR) is 123 cm³/mol. The molecule has 4 nitrogen and oxygen atoms in total. The van der Waals surface area contributed by atoms with Gasteiger partial charge < -0.3 is 9.42 Å². The van der Waals surface area contributed by atoms with Gasteiger partial charge in [-0.1, -0.05) is 76.9 Å². The number of nitrogens with zero attached hydrogens (tertiary/aromatic N) is 2. The van der Waals surface area contributed by atoms with Gasteiger partial charge in [-0.3, -0.25) is 4.79 Å². The Bertz CT molecular complexity index is 1200. The zero-order valence-corrected chi connectivity index (χ0v) is 18.3. The highest BCUT2D eigenvalue weighted by atomic mass is 35.5. The molecule has 1 amide bonds. The number of carbonyl (C=O) groups excluding carboxylic acids is 1. The highest BCUT2D eigenvalue weighted by Gasteiger charge is 2.21. The van der Waals surface area contributed by atoms with Gasteiger partial charge in [0.05, 0.1) is 17.1 Å². The molecule has 0 aliphatic carbocycles. The largest absolute Gasteiger partial charge is 0.356 e. The Hall–Kier alpha value is -3.37. The lowest BCUT2D eigenvalue weighted by molar-refractivity contribution is 0.0726. The van der Waals surface area contributed by atoms with Crippen molar-refractivity contribution in [2.24, 2.45) is 0 Å². The topological polar surface area (TPSA) is 46.3 Å². The van der Waals surface area contributed by atoms with Crippen LogP contribution in [0.4, 0.5) is 0 Å². The van der Waals surface area contributed by atoms with Crippen LogP contribution < -0.4 is 0 Å².